The van der Waals surface area contributed by atoms with Crippen LogP contribution in [0.15, 0.2) is 30.3 Å². The Morgan fingerprint density at radius 2 is 1.70 bits per heavy atom. The maximum atomic E-state index is 13.1. The first-order chi connectivity index (χ1) is 9.48. The van der Waals surface area contributed by atoms with Gasteiger partial charge in [-0.2, -0.15) is 0 Å². The van der Waals surface area contributed by atoms with Crippen molar-refractivity contribution in [2.45, 2.75) is 44.4 Å². The number of alkyl halides is 3. The van der Waals surface area contributed by atoms with Crippen molar-refractivity contribution in [1.29, 1.82) is 0 Å². The first-order valence-corrected chi connectivity index (χ1v) is 6.71. The minimum Gasteiger partial charge on any atom is -0.335 e. The number of amides is 2. The summed E-state index contributed by atoms with van der Waals surface area (Å²) < 4.78 is 39.2. The third-order valence-corrected chi connectivity index (χ3v) is 3.40. The van der Waals surface area contributed by atoms with Crippen LogP contribution in [0.1, 0.15) is 32.1 Å². The molecular weight excluding hydrogens is 269 g/mol. The van der Waals surface area contributed by atoms with Crippen LogP contribution in [-0.2, 0) is 0 Å². The summed E-state index contributed by atoms with van der Waals surface area (Å²) in [4.78, 5) is 11.8. The van der Waals surface area contributed by atoms with Gasteiger partial charge >= 0.3 is 12.3 Å². The van der Waals surface area contributed by atoms with Crippen molar-refractivity contribution in [3.8, 4) is 0 Å². The van der Waals surface area contributed by atoms with Gasteiger partial charge in [0.2, 0.25) is 0 Å². The monoisotopic (exact) mass is 286 g/mol. The van der Waals surface area contributed by atoms with E-state index in [0.717, 1.165) is 32.1 Å². The molecule has 0 bridgehead atoms. The number of anilines is 1. The van der Waals surface area contributed by atoms with Gasteiger partial charge in [-0.1, -0.05) is 37.5 Å². The Bertz CT molecular complexity index is 441. The summed E-state index contributed by atoms with van der Waals surface area (Å²) in [6.45, 7) is 0. The van der Waals surface area contributed by atoms with Crippen molar-refractivity contribution in [3.05, 3.63) is 30.3 Å². The van der Waals surface area contributed by atoms with Crippen molar-refractivity contribution in [2.75, 3.05) is 4.90 Å². The van der Waals surface area contributed by atoms with Crippen LogP contribution in [0.5, 0.6) is 0 Å². The molecule has 1 N–H and O–H groups in total. The molecule has 20 heavy (non-hydrogen) atoms. The average molecular weight is 286 g/mol. The standard InChI is InChI=1S/C14H17F3N2O/c15-14(16,17)19(12-9-5-2-6-10-12)13(20)18-11-7-3-1-4-8-11/h2,5-6,9-11H,1,3-4,7-8H2,(H,18,20). The SMILES string of the molecule is O=C(NC1CCCCC1)N(c1ccccc1)C(F)(F)F. The molecule has 1 aromatic rings. The van der Waals surface area contributed by atoms with Crippen LogP contribution < -0.4 is 10.2 Å². The van der Waals surface area contributed by atoms with E-state index in [-0.39, 0.29) is 16.6 Å². The molecular formula is C14H17F3N2O. The van der Waals surface area contributed by atoms with Crippen molar-refractivity contribution >= 4 is 11.7 Å². The molecule has 1 aliphatic carbocycles. The number of nitrogens with zero attached hydrogens (tertiary/aromatic N) is 1. The molecule has 2 amide bonds. The van der Waals surface area contributed by atoms with Gasteiger partial charge in [0.1, 0.15) is 0 Å². The summed E-state index contributed by atoms with van der Waals surface area (Å²) >= 11 is 0. The molecule has 0 spiro atoms. The number of para-hydroxylation sites is 1. The van der Waals surface area contributed by atoms with Crippen molar-refractivity contribution < 1.29 is 18.0 Å². The molecule has 0 unspecified atom stereocenters. The Kier molecular flexibility index (Phi) is 4.52. The van der Waals surface area contributed by atoms with Crippen LogP contribution in [0.4, 0.5) is 23.7 Å². The summed E-state index contributed by atoms with van der Waals surface area (Å²) in [6, 6.07) is 5.84. The summed E-state index contributed by atoms with van der Waals surface area (Å²) in [5.41, 5.74) is -0.173. The van der Waals surface area contributed by atoms with E-state index in [0.29, 0.717) is 0 Å². The van der Waals surface area contributed by atoms with E-state index >= 15 is 0 Å². The highest BCUT2D eigenvalue weighted by Gasteiger charge is 2.42. The third kappa shape index (κ3) is 3.65. The number of hydrogen-bond acceptors (Lipinski definition) is 1. The van der Waals surface area contributed by atoms with E-state index in [1.54, 1.807) is 6.07 Å². The van der Waals surface area contributed by atoms with Gasteiger partial charge in [-0.25, -0.2) is 9.69 Å². The molecule has 6 heteroatoms. The molecule has 3 nitrogen and oxygen atoms in total. The molecule has 1 saturated carbocycles. The predicted molar refractivity (Wildman–Crippen MR) is 70.4 cm³/mol. The highest BCUT2D eigenvalue weighted by Crippen LogP contribution is 2.29. The fourth-order valence-electron chi connectivity index (χ4n) is 2.44. The zero-order valence-electron chi connectivity index (χ0n) is 11.0. The summed E-state index contributed by atoms with van der Waals surface area (Å²) in [5.74, 6) is 0. The van der Waals surface area contributed by atoms with E-state index in [2.05, 4.69) is 5.32 Å². The fourth-order valence-corrected chi connectivity index (χ4v) is 2.44. The van der Waals surface area contributed by atoms with Crippen LogP contribution in [0, 0.1) is 0 Å². The van der Waals surface area contributed by atoms with Crippen LogP contribution >= 0.6 is 0 Å². The minimum atomic E-state index is -4.74. The Morgan fingerprint density at radius 1 is 1.10 bits per heavy atom. The lowest BCUT2D eigenvalue weighted by atomic mass is 9.96. The maximum absolute atomic E-state index is 13.1. The average Bonchev–Trinajstić information content (AvgIpc) is 2.39. The zero-order chi connectivity index (χ0) is 14.6. The molecule has 0 radical (unpaired) electrons. The molecule has 110 valence electrons. The van der Waals surface area contributed by atoms with Crippen molar-refractivity contribution in [3.63, 3.8) is 0 Å². The molecule has 0 atom stereocenters. The number of carbonyl (C=O) groups is 1. The van der Waals surface area contributed by atoms with Gasteiger partial charge < -0.3 is 5.32 Å². The second-order valence-electron chi connectivity index (χ2n) is 4.92. The molecule has 1 aromatic carbocycles. The summed E-state index contributed by atoms with van der Waals surface area (Å²) in [6.07, 6.45) is -0.281. The number of hydrogen-bond donors (Lipinski definition) is 1. The van der Waals surface area contributed by atoms with E-state index in [1.807, 2.05) is 0 Å². The number of carbonyl (C=O) groups excluding carboxylic acids is 1. The molecule has 1 fully saturated rings. The Hall–Kier alpha value is -1.72. The lowest BCUT2D eigenvalue weighted by molar-refractivity contribution is -0.121. The molecule has 1 aliphatic rings. The van der Waals surface area contributed by atoms with Gasteiger partial charge in [0.05, 0.1) is 5.69 Å². The second-order valence-corrected chi connectivity index (χ2v) is 4.92. The largest absolute Gasteiger partial charge is 0.493 e. The van der Waals surface area contributed by atoms with Crippen LogP contribution in [0.3, 0.4) is 0 Å². The Morgan fingerprint density at radius 3 is 2.25 bits per heavy atom. The van der Waals surface area contributed by atoms with Gasteiger partial charge in [-0.05, 0) is 25.0 Å². The van der Waals surface area contributed by atoms with Gasteiger partial charge in [0, 0.05) is 6.04 Å². The normalized spacial score (nSPS) is 16.8. The Balaban J connectivity index is 2.12. The Labute approximate surface area is 115 Å². The number of nitrogens with one attached hydrogen (secondary N) is 1. The van der Waals surface area contributed by atoms with Crippen LogP contribution in [-0.4, -0.2) is 18.4 Å². The number of urea groups is 1. The van der Waals surface area contributed by atoms with Crippen molar-refractivity contribution in [1.82, 2.24) is 5.32 Å². The number of benzene rings is 1. The number of halogens is 3. The van der Waals surface area contributed by atoms with E-state index in [9.17, 15) is 18.0 Å². The van der Waals surface area contributed by atoms with E-state index in [1.165, 1.54) is 24.3 Å². The first kappa shape index (κ1) is 14.7. The van der Waals surface area contributed by atoms with E-state index < -0.39 is 12.3 Å². The zero-order valence-corrected chi connectivity index (χ0v) is 11.0. The van der Waals surface area contributed by atoms with Crippen LogP contribution in [0.25, 0.3) is 0 Å². The summed E-state index contributed by atoms with van der Waals surface area (Å²) in [5, 5.41) is 2.49. The number of rotatable bonds is 2. The van der Waals surface area contributed by atoms with Gasteiger partial charge in [-0.15, -0.1) is 13.2 Å². The maximum Gasteiger partial charge on any atom is 0.493 e. The molecule has 0 saturated heterocycles. The lowest BCUT2D eigenvalue weighted by Gasteiger charge is -2.29. The van der Waals surface area contributed by atoms with Gasteiger partial charge in [0.15, 0.2) is 0 Å². The quantitative estimate of drug-likeness (QED) is 0.817. The van der Waals surface area contributed by atoms with Crippen molar-refractivity contribution in [2.24, 2.45) is 0 Å². The molecule has 0 heterocycles. The topological polar surface area (TPSA) is 32.3 Å². The molecule has 0 aliphatic heterocycles. The van der Waals surface area contributed by atoms with Gasteiger partial charge in [-0.3, -0.25) is 0 Å². The molecule has 2 rings (SSSR count). The highest BCUT2D eigenvalue weighted by molar-refractivity contribution is 5.92. The molecule has 0 aromatic heterocycles. The van der Waals surface area contributed by atoms with Gasteiger partial charge in [0.25, 0.3) is 0 Å². The predicted octanol–water partition coefficient (Wildman–Crippen LogP) is 4.06. The summed E-state index contributed by atoms with van der Waals surface area (Å²) in [7, 11) is 0. The third-order valence-electron chi connectivity index (χ3n) is 3.40. The first-order valence-electron chi connectivity index (χ1n) is 6.71. The fraction of sp³-hybridized carbons (Fsp3) is 0.500. The van der Waals surface area contributed by atoms with E-state index in [4.69, 9.17) is 0 Å². The minimum absolute atomic E-state index is 0.137. The smallest absolute Gasteiger partial charge is 0.335 e. The van der Waals surface area contributed by atoms with Crippen LogP contribution in [0.2, 0.25) is 0 Å². The lowest BCUT2D eigenvalue weighted by Crippen LogP contribution is -2.51. The second kappa shape index (κ2) is 6.15. The highest BCUT2D eigenvalue weighted by atomic mass is 19.4.